The molecule has 1 heterocycles. The molecule has 0 radical (unpaired) electrons. The van der Waals surface area contributed by atoms with E-state index in [9.17, 15) is 33.3 Å². The molecule has 0 aromatic heterocycles. The van der Waals surface area contributed by atoms with Crippen LogP contribution in [-0.2, 0) is 20.9 Å². The van der Waals surface area contributed by atoms with Gasteiger partial charge in [0.25, 0.3) is 5.69 Å². The molecule has 0 saturated heterocycles. The highest BCUT2D eigenvalue weighted by Gasteiger charge is 2.41. The summed E-state index contributed by atoms with van der Waals surface area (Å²) in [6.45, 7) is -0.549. The number of hydrogen-bond acceptors (Lipinski definition) is 8. The Kier molecular flexibility index (Phi) is 7.58. The van der Waals surface area contributed by atoms with Crippen molar-refractivity contribution in [1.29, 1.82) is 0 Å². The van der Waals surface area contributed by atoms with E-state index in [1.165, 1.54) is 13.2 Å². The van der Waals surface area contributed by atoms with Crippen LogP contribution < -0.4 is 4.74 Å². The average Bonchev–Trinajstić information content (AvgIpc) is 2.79. The molecule has 0 spiro atoms. The second-order valence-electron chi connectivity index (χ2n) is 6.96. The van der Waals surface area contributed by atoms with Gasteiger partial charge in [-0.2, -0.15) is 4.99 Å². The maximum Gasteiger partial charge on any atom is 0.424 e. The summed E-state index contributed by atoms with van der Waals surface area (Å²) < 4.78 is 41.6. The van der Waals surface area contributed by atoms with E-state index in [-0.39, 0.29) is 35.7 Å². The predicted molar refractivity (Wildman–Crippen MR) is 110 cm³/mol. The summed E-state index contributed by atoms with van der Waals surface area (Å²) >= 11 is 0. The van der Waals surface area contributed by atoms with Crippen LogP contribution in [0.3, 0.4) is 0 Å². The normalized spacial score (nSPS) is 15.5. The molecule has 2 aromatic carbocycles. The van der Waals surface area contributed by atoms with Gasteiger partial charge in [0.15, 0.2) is 11.6 Å². The minimum Gasteiger partial charge on any atom is -0.459 e. The summed E-state index contributed by atoms with van der Waals surface area (Å²) in [5.74, 6) is -3.36. The maximum atomic E-state index is 13.4. The Morgan fingerprint density at radius 2 is 1.85 bits per heavy atom. The molecule has 34 heavy (non-hydrogen) atoms. The molecule has 1 aliphatic rings. The summed E-state index contributed by atoms with van der Waals surface area (Å²) in [5.41, 5.74) is 0.0585. The van der Waals surface area contributed by atoms with Gasteiger partial charge >= 0.3 is 18.1 Å². The highest BCUT2D eigenvalue weighted by atomic mass is 19.2. The van der Waals surface area contributed by atoms with E-state index in [4.69, 9.17) is 14.2 Å². The Bertz CT molecular complexity index is 1150. The molecular formula is C21H17F2N3O8. The molecule has 0 N–H and O–H groups in total. The molecular weight excluding hydrogens is 460 g/mol. The number of urea groups is 1. The van der Waals surface area contributed by atoms with Gasteiger partial charge in [-0.25, -0.2) is 28.1 Å². The zero-order valence-corrected chi connectivity index (χ0v) is 17.6. The number of nitrogens with zero attached hydrogens (tertiary/aromatic N) is 3. The van der Waals surface area contributed by atoms with Crippen molar-refractivity contribution >= 4 is 29.5 Å². The molecule has 0 aliphatic carbocycles. The van der Waals surface area contributed by atoms with Crippen LogP contribution in [0.25, 0.3) is 0 Å². The van der Waals surface area contributed by atoms with Gasteiger partial charge in [-0.3, -0.25) is 10.1 Å². The predicted octanol–water partition coefficient (Wildman–Crippen LogP) is 3.40. The van der Waals surface area contributed by atoms with Gasteiger partial charge in [0.1, 0.15) is 18.4 Å². The zero-order valence-electron chi connectivity index (χ0n) is 17.6. The third kappa shape index (κ3) is 5.75. The molecule has 2 aromatic rings. The number of hydrogen-bond donors (Lipinski definition) is 0. The topological polar surface area (TPSA) is 138 Å². The van der Waals surface area contributed by atoms with Crippen molar-refractivity contribution in [2.75, 3.05) is 13.7 Å². The number of benzene rings is 2. The van der Waals surface area contributed by atoms with Crippen molar-refractivity contribution in [1.82, 2.24) is 4.90 Å². The molecule has 3 amide bonds. The van der Waals surface area contributed by atoms with Gasteiger partial charge < -0.3 is 14.2 Å². The Morgan fingerprint density at radius 1 is 1.15 bits per heavy atom. The molecule has 0 saturated carbocycles. The van der Waals surface area contributed by atoms with Gasteiger partial charge in [-0.05, 0) is 29.8 Å². The van der Waals surface area contributed by atoms with E-state index in [2.05, 4.69) is 4.99 Å². The number of aliphatic imine (C=N–C) groups is 1. The average molecular weight is 477 g/mol. The summed E-state index contributed by atoms with van der Waals surface area (Å²) in [7, 11) is 1.35. The van der Waals surface area contributed by atoms with Crippen molar-refractivity contribution in [2.24, 2.45) is 4.99 Å². The summed E-state index contributed by atoms with van der Waals surface area (Å²) in [4.78, 5) is 52.2. The lowest BCUT2D eigenvalue weighted by Gasteiger charge is -2.30. The van der Waals surface area contributed by atoms with Gasteiger partial charge in [-0.1, -0.05) is 6.07 Å². The summed E-state index contributed by atoms with van der Waals surface area (Å²) in [5, 5.41) is 10.8. The number of rotatable bonds is 7. The fraction of sp³-hybridized carbons (Fsp3) is 0.238. The van der Waals surface area contributed by atoms with E-state index in [1.807, 2.05) is 0 Å². The van der Waals surface area contributed by atoms with Crippen LogP contribution in [0.15, 0.2) is 47.5 Å². The molecule has 13 heteroatoms. The first-order valence-electron chi connectivity index (χ1n) is 9.65. The Labute approximate surface area is 190 Å². The lowest BCUT2D eigenvalue weighted by atomic mass is 10.1. The van der Waals surface area contributed by atoms with Crippen LogP contribution in [0, 0.1) is 21.7 Å². The maximum absolute atomic E-state index is 13.4. The largest absolute Gasteiger partial charge is 0.459 e. The fourth-order valence-corrected chi connectivity index (χ4v) is 3.00. The molecule has 0 fully saturated rings. The van der Waals surface area contributed by atoms with Crippen LogP contribution in [0.5, 0.6) is 5.75 Å². The summed E-state index contributed by atoms with van der Waals surface area (Å²) in [6, 6.07) is 4.77. The smallest absolute Gasteiger partial charge is 0.424 e. The van der Waals surface area contributed by atoms with Crippen molar-refractivity contribution in [3.05, 3.63) is 69.8 Å². The number of nitro groups is 1. The first-order chi connectivity index (χ1) is 16.2. The Hall–Kier alpha value is -4.26. The molecule has 1 aliphatic heterocycles. The molecule has 178 valence electrons. The third-order valence-corrected chi connectivity index (χ3v) is 4.60. The highest BCUT2D eigenvalue weighted by Crippen LogP contribution is 2.22. The number of carbonyl (C=O) groups is 3. The number of methoxy groups -OCH3 is 1. The Balaban J connectivity index is 1.78. The van der Waals surface area contributed by atoms with Crippen molar-refractivity contribution < 1.29 is 42.3 Å². The SMILES string of the molecule is COCC1=NC(=O)N(C(=O)Oc2ccc([N+](=O)[O-])cc2)C(C(=O)OCc2ccc(F)c(F)c2)C1. The molecule has 3 rings (SSSR count). The first-order valence-corrected chi connectivity index (χ1v) is 9.65. The quantitative estimate of drug-likeness (QED) is 0.336. The lowest BCUT2D eigenvalue weighted by molar-refractivity contribution is -0.384. The van der Waals surface area contributed by atoms with Gasteiger partial charge in [0.05, 0.1) is 17.2 Å². The minimum absolute atomic E-state index is 0.0933. The van der Waals surface area contributed by atoms with E-state index in [0.717, 1.165) is 36.4 Å². The highest BCUT2D eigenvalue weighted by molar-refractivity contribution is 6.08. The second-order valence-corrected chi connectivity index (χ2v) is 6.96. The van der Waals surface area contributed by atoms with Gasteiger partial charge in [0.2, 0.25) is 0 Å². The molecule has 0 bridgehead atoms. The van der Waals surface area contributed by atoms with Crippen LogP contribution >= 0.6 is 0 Å². The molecule has 11 nitrogen and oxygen atoms in total. The zero-order chi connectivity index (χ0) is 24.8. The minimum atomic E-state index is -1.48. The van der Waals surface area contributed by atoms with Crippen molar-refractivity contribution in [3.63, 3.8) is 0 Å². The lowest BCUT2D eigenvalue weighted by Crippen LogP contribution is -2.53. The van der Waals surface area contributed by atoms with Crippen LogP contribution in [0.1, 0.15) is 12.0 Å². The Morgan fingerprint density at radius 3 is 2.47 bits per heavy atom. The molecule has 1 unspecified atom stereocenters. The number of imide groups is 1. The van der Waals surface area contributed by atoms with Crippen molar-refractivity contribution in [2.45, 2.75) is 19.1 Å². The number of nitro benzene ring substituents is 1. The number of halogens is 2. The number of non-ortho nitro benzene ring substituents is 1. The van der Waals surface area contributed by atoms with E-state index in [0.29, 0.717) is 4.90 Å². The standard InChI is InChI=1S/C21H17F2N3O8/c1-32-11-13-9-18(19(27)33-10-12-2-7-16(22)17(23)8-12)25(20(28)24-13)21(29)34-15-5-3-14(4-6-15)26(30)31/h2-8,18H,9-11H2,1H3. The third-order valence-electron chi connectivity index (χ3n) is 4.60. The van der Waals surface area contributed by atoms with Crippen molar-refractivity contribution in [3.8, 4) is 5.75 Å². The van der Waals surface area contributed by atoms with Crippen LogP contribution in [0.2, 0.25) is 0 Å². The second kappa shape index (κ2) is 10.6. The van der Waals surface area contributed by atoms with Crippen LogP contribution in [0.4, 0.5) is 24.1 Å². The summed E-state index contributed by atoms with van der Waals surface area (Å²) in [6.07, 6.45) is -1.49. The first kappa shape index (κ1) is 24.4. The van der Waals surface area contributed by atoms with Gasteiger partial charge in [0, 0.05) is 25.7 Å². The number of esters is 1. The van der Waals surface area contributed by atoms with Gasteiger partial charge in [-0.15, -0.1) is 0 Å². The van der Waals surface area contributed by atoms with Crippen LogP contribution in [-0.4, -0.2) is 53.4 Å². The number of ether oxygens (including phenoxy) is 3. The number of amides is 3. The van der Waals surface area contributed by atoms with E-state index in [1.54, 1.807) is 0 Å². The molecule has 1 atom stereocenters. The van der Waals surface area contributed by atoms with E-state index < -0.39 is 47.3 Å². The van der Waals surface area contributed by atoms with E-state index >= 15 is 0 Å². The number of carbonyl (C=O) groups excluding carboxylic acids is 3. The monoisotopic (exact) mass is 477 g/mol. The fourth-order valence-electron chi connectivity index (χ4n) is 3.00.